The summed E-state index contributed by atoms with van der Waals surface area (Å²) in [4.78, 5) is 20.9. The van der Waals surface area contributed by atoms with E-state index in [0.29, 0.717) is 41.7 Å². The van der Waals surface area contributed by atoms with Crippen molar-refractivity contribution in [3.05, 3.63) is 18.2 Å². The summed E-state index contributed by atoms with van der Waals surface area (Å²) in [7, 11) is 0. The van der Waals surface area contributed by atoms with Gasteiger partial charge >= 0.3 is 12.4 Å². The lowest BCUT2D eigenvalue weighted by molar-refractivity contribution is -0.274. The molecule has 11 heteroatoms. The van der Waals surface area contributed by atoms with Gasteiger partial charge in [0.15, 0.2) is 5.13 Å². The van der Waals surface area contributed by atoms with Crippen molar-refractivity contribution in [2.45, 2.75) is 26.3 Å². The second-order valence-electron chi connectivity index (χ2n) is 6.88. The highest BCUT2D eigenvalue weighted by atomic mass is 32.1. The average molecular weight is 432 g/mol. The Bertz CT molecular complexity index is 837. The molecule has 160 valence electrons. The van der Waals surface area contributed by atoms with Gasteiger partial charge in [0.1, 0.15) is 5.75 Å². The largest absolute Gasteiger partial charge is 0.573 e. The van der Waals surface area contributed by atoms with E-state index in [-0.39, 0.29) is 17.8 Å². The number of alkyl halides is 3. The van der Waals surface area contributed by atoms with E-state index >= 15 is 0 Å². The third kappa shape index (κ3) is 6.18. The normalized spacial score (nSPS) is 15.7. The molecule has 0 radical (unpaired) electrons. The Morgan fingerprint density at radius 1 is 1.38 bits per heavy atom. The maximum atomic E-state index is 12.7. The number of carbonyl (C=O) groups excluding carboxylic acids is 1. The van der Waals surface area contributed by atoms with Gasteiger partial charge in [0.05, 0.1) is 23.4 Å². The maximum Gasteiger partial charge on any atom is 0.573 e. The van der Waals surface area contributed by atoms with Gasteiger partial charge < -0.3 is 14.8 Å². The van der Waals surface area contributed by atoms with E-state index in [9.17, 15) is 18.0 Å². The Morgan fingerprint density at radius 2 is 2.10 bits per heavy atom. The second-order valence-corrected chi connectivity index (χ2v) is 7.89. The predicted octanol–water partition coefficient (Wildman–Crippen LogP) is 3.45. The first-order valence-corrected chi connectivity index (χ1v) is 10.1. The molecule has 0 bridgehead atoms. The molecule has 2 aromatic rings. The number of carbonyl (C=O) groups is 1. The predicted molar refractivity (Wildman–Crippen MR) is 105 cm³/mol. The molecule has 0 aliphatic carbocycles. The first-order chi connectivity index (χ1) is 13.7. The SMILES string of the molecule is CC(C)NC(=O)N(CCN1CCOCC1)c1nc2ccc(OC(F)(F)F)cc2s1. The van der Waals surface area contributed by atoms with Crippen molar-refractivity contribution in [2.24, 2.45) is 0 Å². The highest BCUT2D eigenvalue weighted by molar-refractivity contribution is 7.22. The smallest absolute Gasteiger partial charge is 0.406 e. The summed E-state index contributed by atoms with van der Waals surface area (Å²) in [6.07, 6.45) is -4.76. The number of halogens is 3. The summed E-state index contributed by atoms with van der Waals surface area (Å²) in [5, 5.41) is 3.28. The van der Waals surface area contributed by atoms with Gasteiger partial charge in [0, 0.05) is 38.3 Å². The number of nitrogens with zero attached hydrogens (tertiary/aromatic N) is 3. The summed E-state index contributed by atoms with van der Waals surface area (Å²) in [5.74, 6) is -0.313. The minimum atomic E-state index is -4.76. The monoisotopic (exact) mass is 432 g/mol. The zero-order valence-corrected chi connectivity index (χ0v) is 17.0. The van der Waals surface area contributed by atoms with Crippen molar-refractivity contribution in [3.63, 3.8) is 0 Å². The van der Waals surface area contributed by atoms with Gasteiger partial charge in [0.25, 0.3) is 0 Å². The lowest BCUT2D eigenvalue weighted by Crippen LogP contribution is -2.47. The zero-order valence-electron chi connectivity index (χ0n) is 16.2. The van der Waals surface area contributed by atoms with Crippen LogP contribution in [0.25, 0.3) is 10.2 Å². The number of fused-ring (bicyclic) bond motifs is 1. The standard InChI is InChI=1S/C18H23F3N4O3S/c1-12(2)22-16(26)25(6-5-24-7-9-27-10-8-24)17-23-14-4-3-13(11-15(14)29-17)28-18(19,20)21/h3-4,11-12H,5-10H2,1-2H3,(H,22,26). The second kappa shape index (κ2) is 9.14. The fourth-order valence-electron chi connectivity index (χ4n) is 2.88. The molecule has 3 rings (SSSR count). The van der Waals surface area contributed by atoms with Crippen LogP contribution in [-0.4, -0.2) is 67.7 Å². The number of thiazole rings is 1. The molecule has 0 saturated carbocycles. The molecule has 0 spiro atoms. The molecule has 1 N–H and O–H groups in total. The number of anilines is 1. The summed E-state index contributed by atoms with van der Waals surface area (Å²) >= 11 is 1.15. The van der Waals surface area contributed by atoms with Crippen LogP contribution in [0.5, 0.6) is 5.75 Å². The Labute approximate surface area is 170 Å². The number of ether oxygens (including phenoxy) is 2. The van der Waals surface area contributed by atoms with Gasteiger partial charge in [-0.2, -0.15) is 0 Å². The molecular weight excluding hydrogens is 409 g/mol. The van der Waals surface area contributed by atoms with E-state index in [1.165, 1.54) is 23.1 Å². The third-order valence-corrected chi connectivity index (χ3v) is 5.26. The highest BCUT2D eigenvalue weighted by Gasteiger charge is 2.31. The van der Waals surface area contributed by atoms with Crippen LogP contribution in [0.15, 0.2) is 18.2 Å². The molecule has 0 unspecified atom stereocenters. The molecule has 7 nitrogen and oxygen atoms in total. The highest BCUT2D eigenvalue weighted by Crippen LogP contribution is 2.33. The van der Waals surface area contributed by atoms with Crippen molar-refractivity contribution in [1.29, 1.82) is 0 Å². The number of morpholine rings is 1. The minimum Gasteiger partial charge on any atom is -0.406 e. The molecule has 1 aromatic carbocycles. The van der Waals surface area contributed by atoms with Crippen molar-refractivity contribution >= 4 is 32.7 Å². The van der Waals surface area contributed by atoms with Crippen LogP contribution in [0.4, 0.5) is 23.1 Å². The molecule has 1 fully saturated rings. The molecule has 2 heterocycles. The minimum absolute atomic E-state index is 0.0606. The van der Waals surface area contributed by atoms with Gasteiger partial charge in [0.2, 0.25) is 0 Å². The first-order valence-electron chi connectivity index (χ1n) is 9.26. The Morgan fingerprint density at radius 3 is 2.76 bits per heavy atom. The fourth-order valence-corrected chi connectivity index (χ4v) is 3.90. The molecule has 2 amide bonds. The van der Waals surface area contributed by atoms with Gasteiger partial charge in [-0.3, -0.25) is 9.80 Å². The molecule has 0 atom stereocenters. The van der Waals surface area contributed by atoms with E-state index in [0.717, 1.165) is 24.4 Å². The van der Waals surface area contributed by atoms with Crippen LogP contribution in [-0.2, 0) is 4.74 Å². The van der Waals surface area contributed by atoms with Crippen molar-refractivity contribution in [1.82, 2.24) is 15.2 Å². The van der Waals surface area contributed by atoms with Crippen LogP contribution in [0.2, 0.25) is 0 Å². The number of aromatic nitrogens is 1. The summed E-state index contributed by atoms with van der Waals surface area (Å²) in [6.45, 7) is 7.66. The van der Waals surface area contributed by atoms with Crippen LogP contribution < -0.4 is 15.0 Å². The van der Waals surface area contributed by atoms with Crippen LogP contribution >= 0.6 is 11.3 Å². The summed E-state index contributed by atoms with van der Waals surface area (Å²) in [5.41, 5.74) is 0.508. The lowest BCUT2D eigenvalue weighted by Gasteiger charge is -2.29. The number of urea groups is 1. The van der Waals surface area contributed by atoms with Gasteiger partial charge in [-0.1, -0.05) is 11.3 Å². The molecule has 1 saturated heterocycles. The van der Waals surface area contributed by atoms with E-state index < -0.39 is 6.36 Å². The quantitative estimate of drug-likeness (QED) is 0.758. The molecule has 1 aromatic heterocycles. The topological polar surface area (TPSA) is 66.9 Å². The first kappa shape index (κ1) is 21.6. The van der Waals surface area contributed by atoms with Crippen LogP contribution in [0.3, 0.4) is 0 Å². The number of amides is 2. The van der Waals surface area contributed by atoms with Gasteiger partial charge in [-0.05, 0) is 26.0 Å². The maximum absolute atomic E-state index is 12.7. The number of hydrogen-bond donors (Lipinski definition) is 1. The van der Waals surface area contributed by atoms with E-state index in [4.69, 9.17) is 4.74 Å². The Kier molecular flexibility index (Phi) is 6.81. The van der Waals surface area contributed by atoms with Crippen LogP contribution in [0, 0.1) is 0 Å². The number of rotatable bonds is 6. The third-order valence-electron chi connectivity index (χ3n) is 4.21. The van der Waals surface area contributed by atoms with Crippen molar-refractivity contribution < 1.29 is 27.4 Å². The summed E-state index contributed by atoms with van der Waals surface area (Å²) in [6, 6.07) is 3.60. The number of benzene rings is 1. The fraction of sp³-hybridized carbons (Fsp3) is 0.556. The lowest BCUT2D eigenvalue weighted by atomic mass is 10.3. The molecule has 1 aliphatic rings. The van der Waals surface area contributed by atoms with Crippen LogP contribution in [0.1, 0.15) is 13.8 Å². The Hall–Kier alpha value is -2.11. The van der Waals surface area contributed by atoms with E-state index in [1.54, 1.807) is 0 Å². The molecule has 29 heavy (non-hydrogen) atoms. The molecule has 1 aliphatic heterocycles. The van der Waals surface area contributed by atoms with Gasteiger partial charge in [-0.15, -0.1) is 13.2 Å². The Balaban J connectivity index is 1.81. The van der Waals surface area contributed by atoms with Gasteiger partial charge in [-0.25, -0.2) is 9.78 Å². The number of nitrogens with one attached hydrogen (secondary N) is 1. The zero-order chi connectivity index (χ0) is 21.0. The van der Waals surface area contributed by atoms with Crippen molar-refractivity contribution in [2.75, 3.05) is 44.3 Å². The van der Waals surface area contributed by atoms with E-state index in [1.807, 2.05) is 13.8 Å². The molecular formula is C18H23F3N4O3S. The van der Waals surface area contributed by atoms with E-state index in [2.05, 4.69) is 19.9 Å². The summed E-state index contributed by atoms with van der Waals surface area (Å²) < 4.78 is 47.2. The average Bonchev–Trinajstić information content (AvgIpc) is 3.03. The van der Waals surface area contributed by atoms with Crippen molar-refractivity contribution in [3.8, 4) is 5.75 Å². The number of hydrogen-bond acceptors (Lipinski definition) is 6.